The first-order valence-electron chi connectivity index (χ1n) is 5.23. The van der Waals surface area contributed by atoms with Crippen LogP contribution in [0.15, 0.2) is 24.3 Å². The van der Waals surface area contributed by atoms with Crippen molar-refractivity contribution in [1.29, 1.82) is 0 Å². The molecule has 1 rings (SSSR count). The number of carbonyl (C=O) groups excluding carboxylic acids is 1. The number of carbonyl (C=O) groups is 1. The second kappa shape index (κ2) is 6.53. The van der Waals surface area contributed by atoms with Crippen molar-refractivity contribution in [2.75, 3.05) is 11.5 Å². The minimum Gasteiger partial charge on any atom is -0.298 e. The number of Topliss-reactive ketones (excluding diaryl/α,β-unsaturated/α-hetero) is 1. The number of halogens is 1. The third-order valence-electron chi connectivity index (χ3n) is 2.07. The van der Waals surface area contributed by atoms with Gasteiger partial charge in [0, 0.05) is 23.0 Å². The third kappa shape index (κ3) is 4.66. The van der Waals surface area contributed by atoms with E-state index in [0.29, 0.717) is 5.75 Å². The van der Waals surface area contributed by atoms with Crippen molar-refractivity contribution < 1.29 is 13.4 Å². The highest BCUT2D eigenvalue weighted by Gasteiger charge is 2.08. The minimum atomic E-state index is -1.05. The Morgan fingerprint density at radius 3 is 2.50 bits per heavy atom. The first kappa shape index (κ1) is 13.0. The Labute approximate surface area is 97.3 Å². The highest BCUT2D eigenvalue weighted by molar-refractivity contribution is 7.85. The van der Waals surface area contributed by atoms with E-state index in [1.54, 1.807) is 12.1 Å². The second-order valence-electron chi connectivity index (χ2n) is 3.63. The van der Waals surface area contributed by atoms with Gasteiger partial charge in [-0.15, -0.1) is 0 Å². The highest BCUT2D eigenvalue weighted by Crippen LogP contribution is 2.04. The molecule has 0 aliphatic carbocycles. The maximum atomic E-state index is 12.6. The van der Waals surface area contributed by atoms with Crippen LogP contribution >= 0.6 is 0 Å². The molecule has 0 aliphatic rings. The van der Waals surface area contributed by atoms with E-state index in [-0.39, 0.29) is 23.8 Å². The summed E-state index contributed by atoms with van der Waals surface area (Å²) in [7, 11) is -1.05. The zero-order valence-electron chi connectivity index (χ0n) is 9.24. The van der Waals surface area contributed by atoms with E-state index in [2.05, 4.69) is 0 Å². The molecule has 0 saturated heterocycles. The van der Waals surface area contributed by atoms with Crippen LogP contribution in [0.1, 0.15) is 18.9 Å². The molecule has 0 N–H and O–H groups in total. The van der Waals surface area contributed by atoms with Gasteiger partial charge in [-0.1, -0.05) is 19.1 Å². The van der Waals surface area contributed by atoms with Gasteiger partial charge in [-0.3, -0.25) is 9.00 Å². The number of rotatable bonds is 6. The van der Waals surface area contributed by atoms with Gasteiger partial charge in [0.2, 0.25) is 0 Å². The lowest BCUT2D eigenvalue weighted by Gasteiger charge is -2.01. The molecule has 0 aliphatic heterocycles. The Morgan fingerprint density at radius 2 is 1.94 bits per heavy atom. The van der Waals surface area contributed by atoms with Crippen LogP contribution in [0.4, 0.5) is 4.39 Å². The van der Waals surface area contributed by atoms with Gasteiger partial charge >= 0.3 is 0 Å². The first-order valence-corrected chi connectivity index (χ1v) is 6.71. The molecule has 1 unspecified atom stereocenters. The molecule has 1 aromatic rings. The Bertz CT molecular complexity index is 373. The second-order valence-corrected chi connectivity index (χ2v) is 5.21. The molecule has 88 valence electrons. The largest absolute Gasteiger partial charge is 0.298 e. The van der Waals surface area contributed by atoms with E-state index in [9.17, 15) is 13.4 Å². The van der Waals surface area contributed by atoms with Gasteiger partial charge in [-0.25, -0.2) is 4.39 Å². The molecule has 0 bridgehead atoms. The third-order valence-corrected chi connectivity index (χ3v) is 3.58. The van der Waals surface area contributed by atoms with Crippen LogP contribution in [-0.2, 0) is 22.0 Å². The summed E-state index contributed by atoms with van der Waals surface area (Å²) < 4.78 is 23.9. The van der Waals surface area contributed by atoms with Crippen molar-refractivity contribution in [1.82, 2.24) is 0 Å². The summed E-state index contributed by atoms with van der Waals surface area (Å²) in [5.41, 5.74) is 0.764. The first-order chi connectivity index (χ1) is 7.61. The molecule has 0 amide bonds. The fourth-order valence-electron chi connectivity index (χ4n) is 1.36. The van der Waals surface area contributed by atoms with Gasteiger partial charge in [-0.2, -0.15) is 0 Å². The molecular formula is C12H15FO2S. The summed E-state index contributed by atoms with van der Waals surface area (Å²) in [5, 5.41) is 0. The maximum Gasteiger partial charge on any atom is 0.149 e. The van der Waals surface area contributed by atoms with Crippen LogP contribution in [0.25, 0.3) is 0 Å². The summed E-state index contributed by atoms with van der Waals surface area (Å²) >= 11 is 0. The average molecular weight is 242 g/mol. The van der Waals surface area contributed by atoms with Crippen molar-refractivity contribution in [3.8, 4) is 0 Å². The number of ketones is 1. The SMILES string of the molecule is CCCS(=O)CC(=O)Cc1ccc(F)cc1. The summed E-state index contributed by atoms with van der Waals surface area (Å²) in [5.74, 6) is 0.296. The van der Waals surface area contributed by atoms with Crippen LogP contribution < -0.4 is 0 Å². The molecule has 0 aromatic heterocycles. The summed E-state index contributed by atoms with van der Waals surface area (Å²) in [6.45, 7) is 1.93. The van der Waals surface area contributed by atoms with Crippen LogP contribution in [0, 0.1) is 5.82 Å². The highest BCUT2D eigenvalue weighted by atomic mass is 32.2. The summed E-state index contributed by atoms with van der Waals surface area (Å²) in [4.78, 5) is 11.5. The van der Waals surface area contributed by atoms with Crippen LogP contribution in [0.2, 0.25) is 0 Å². The molecule has 1 atom stereocenters. The lowest BCUT2D eigenvalue weighted by Crippen LogP contribution is -2.14. The molecule has 0 saturated carbocycles. The number of hydrogen-bond acceptors (Lipinski definition) is 2. The van der Waals surface area contributed by atoms with Crippen LogP contribution in [0.5, 0.6) is 0 Å². The molecule has 0 fully saturated rings. The monoisotopic (exact) mass is 242 g/mol. The Balaban J connectivity index is 2.45. The van der Waals surface area contributed by atoms with E-state index < -0.39 is 10.8 Å². The van der Waals surface area contributed by atoms with Gasteiger partial charge in [-0.05, 0) is 24.1 Å². The quantitative estimate of drug-likeness (QED) is 0.765. The smallest absolute Gasteiger partial charge is 0.149 e. The van der Waals surface area contributed by atoms with Crippen molar-refractivity contribution in [2.45, 2.75) is 19.8 Å². The fourth-order valence-corrected chi connectivity index (χ4v) is 2.42. The van der Waals surface area contributed by atoms with E-state index in [4.69, 9.17) is 0 Å². The number of benzene rings is 1. The summed E-state index contributed by atoms with van der Waals surface area (Å²) in [6, 6.07) is 5.81. The van der Waals surface area contributed by atoms with E-state index >= 15 is 0 Å². The molecule has 2 nitrogen and oxygen atoms in total. The molecule has 0 spiro atoms. The Hall–Kier alpha value is -1.03. The zero-order chi connectivity index (χ0) is 12.0. The van der Waals surface area contributed by atoms with Crippen molar-refractivity contribution in [3.05, 3.63) is 35.6 Å². The molecule has 0 heterocycles. The van der Waals surface area contributed by atoms with Crippen molar-refractivity contribution in [3.63, 3.8) is 0 Å². The Kier molecular flexibility index (Phi) is 5.32. The molecular weight excluding hydrogens is 227 g/mol. The average Bonchev–Trinajstić information content (AvgIpc) is 2.21. The fraction of sp³-hybridized carbons (Fsp3) is 0.417. The van der Waals surface area contributed by atoms with Crippen molar-refractivity contribution >= 4 is 16.6 Å². The van der Waals surface area contributed by atoms with Crippen LogP contribution in [-0.4, -0.2) is 21.5 Å². The zero-order valence-corrected chi connectivity index (χ0v) is 10.1. The van der Waals surface area contributed by atoms with Gasteiger partial charge in [0.05, 0.1) is 5.75 Å². The maximum absolute atomic E-state index is 12.6. The van der Waals surface area contributed by atoms with Gasteiger partial charge in [0.1, 0.15) is 11.6 Å². The van der Waals surface area contributed by atoms with E-state index in [1.807, 2.05) is 6.92 Å². The standard InChI is InChI=1S/C12H15FO2S/c1-2-7-16(15)9-12(14)8-10-3-5-11(13)6-4-10/h3-6H,2,7-9H2,1H3. The van der Waals surface area contributed by atoms with E-state index in [1.165, 1.54) is 12.1 Å². The minimum absolute atomic E-state index is 0.0570. The van der Waals surface area contributed by atoms with Crippen LogP contribution in [0.3, 0.4) is 0 Å². The van der Waals surface area contributed by atoms with Gasteiger partial charge in [0.25, 0.3) is 0 Å². The van der Waals surface area contributed by atoms with E-state index in [0.717, 1.165) is 12.0 Å². The molecule has 0 radical (unpaired) electrons. The molecule has 1 aromatic carbocycles. The number of hydrogen-bond donors (Lipinski definition) is 0. The summed E-state index contributed by atoms with van der Waals surface area (Å²) in [6.07, 6.45) is 1.05. The molecule has 4 heteroatoms. The molecule has 16 heavy (non-hydrogen) atoms. The Morgan fingerprint density at radius 1 is 1.31 bits per heavy atom. The lowest BCUT2D eigenvalue weighted by molar-refractivity contribution is -0.116. The van der Waals surface area contributed by atoms with Gasteiger partial charge in [0.15, 0.2) is 0 Å². The topological polar surface area (TPSA) is 34.1 Å². The van der Waals surface area contributed by atoms with Crippen molar-refractivity contribution in [2.24, 2.45) is 0 Å². The lowest BCUT2D eigenvalue weighted by atomic mass is 10.1. The predicted octanol–water partition coefficient (Wildman–Crippen LogP) is 2.10. The predicted molar refractivity (Wildman–Crippen MR) is 63.3 cm³/mol. The normalized spacial score (nSPS) is 12.4. The van der Waals surface area contributed by atoms with Gasteiger partial charge < -0.3 is 0 Å².